The number of aryl methyl sites for hydroxylation is 1. The molecule has 2 heterocycles. The van der Waals surface area contributed by atoms with Crippen LogP contribution in [0.15, 0.2) is 23.4 Å². The van der Waals surface area contributed by atoms with Gasteiger partial charge in [0, 0.05) is 22.8 Å². The summed E-state index contributed by atoms with van der Waals surface area (Å²) in [6, 6.07) is 3.65. The van der Waals surface area contributed by atoms with Gasteiger partial charge in [0.05, 0.1) is 5.52 Å². The molecule has 98 valence electrons. The summed E-state index contributed by atoms with van der Waals surface area (Å²) in [7, 11) is 1.60. The lowest BCUT2D eigenvalue weighted by Crippen LogP contribution is -1.97. The van der Waals surface area contributed by atoms with E-state index in [4.69, 9.17) is 10.7 Å². The summed E-state index contributed by atoms with van der Waals surface area (Å²) in [5.74, 6) is 0.830. The monoisotopic (exact) mass is 286 g/mol. The summed E-state index contributed by atoms with van der Waals surface area (Å²) in [5.41, 5.74) is 1.66. The highest BCUT2D eigenvalue weighted by molar-refractivity contribution is 8.13. The first kappa shape index (κ1) is 13.4. The van der Waals surface area contributed by atoms with Gasteiger partial charge in [0.15, 0.2) is 5.03 Å². The van der Waals surface area contributed by atoms with E-state index in [1.165, 1.54) is 0 Å². The van der Waals surface area contributed by atoms with Crippen molar-refractivity contribution in [3.05, 3.63) is 29.7 Å². The summed E-state index contributed by atoms with van der Waals surface area (Å²) in [6.07, 6.45) is 2.80. The van der Waals surface area contributed by atoms with Gasteiger partial charge in [-0.15, -0.1) is 0 Å². The van der Waals surface area contributed by atoms with Crippen molar-refractivity contribution in [3.8, 4) is 0 Å². The van der Waals surface area contributed by atoms with E-state index in [1.54, 1.807) is 6.07 Å². The van der Waals surface area contributed by atoms with Gasteiger partial charge < -0.3 is 4.40 Å². The van der Waals surface area contributed by atoms with E-state index in [1.807, 2.05) is 37.4 Å². The predicted molar refractivity (Wildman–Crippen MR) is 71.7 cm³/mol. The van der Waals surface area contributed by atoms with Crippen molar-refractivity contribution in [3.63, 3.8) is 0 Å². The fraction of sp³-hybridized carbons (Fsp3) is 0.417. The number of halogens is 1. The highest BCUT2D eigenvalue weighted by Crippen LogP contribution is 2.25. The van der Waals surface area contributed by atoms with Crippen molar-refractivity contribution < 1.29 is 8.42 Å². The molecular weight excluding hydrogens is 272 g/mol. The van der Waals surface area contributed by atoms with E-state index < -0.39 is 9.05 Å². The Morgan fingerprint density at radius 3 is 2.56 bits per heavy atom. The Morgan fingerprint density at radius 1 is 1.39 bits per heavy atom. The van der Waals surface area contributed by atoms with Crippen LogP contribution in [0.3, 0.4) is 0 Å². The van der Waals surface area contributed by atoms with Crippen LogP contribution in [-0.4, -0.2) is 17.8 Å². The molecule has 18 heavy (non-hydrogen) atoms. The third-order valence-electron chi connectivity index (χ3n) is 2.85. The fourth-order valence-corrected chi connectivity index (χ4v) is 2.88. The van der Waals surface area contributed by atoms with E-state index in [9.17, 15) is 8.42 Å². The smallest absolute Gasteiger partial charge is 0.280 e. The second-order valence-electron chi connectivity index (χ2n) is 4.51. The summed E-state index contributed by atoms with van der Waals surface area (Å²) < 4.78 is 24.9. The first-order chi connectivity index (χ1) is 8.34. The average Bonchev–Trinajstić information content (AvgIpc) is 2.66. The molecule has 2 rings (SSSR count). The molecule has 0 aliphatic rings. The topological polar surface area (TPSA) is 51.4 Å². The van der Waals surface area contributed by atoms with E-state index in [-0.39, 0.29) is 10.9 Å². The van der Waals surface area contributed by atoms with Crippen LogP contribution >= 0.6 is 10.7 Å². The molecular formula is C12H15ClN2O2S. The Labute approximate surface area is 111 Å². The first-order valence-electron chi connectivity index (χ1n) is 5.80. The van der Waals surface area contributed by atoms with Crippen LogP contribution in [0.4, 0.5) is 0 Å². The first-order valence-corrected chi connectivity index (χ1v) is 8.11. The number of nitrogens with zero attached hydrogens (tertiary/aromatic N) is 2. The number of aromatic nitrogens is 2. The normalized spacial score (nSPS) is 12.5. The van der Waals surface area contributed by atoms with Crippen LogP contribution in [0.5, 0.6) is 0 Å². The van der Waals surface area contributed by atoms with Gasteiger partial charge in [0.1, 0.15) is 5.82 Å². The third-order valence-corrected chi connectivity index (χ3v) is 4.05. The molecule has 0 bridgehead atoms. The lowest BCUT2D eigenvalue weighted by molar-refractivity contribution is 0.607. The molecule has 0 fully saturated rings. The SMILES string of the molecule is CCc1ccc2c(S(=O)(=O)Cl)nc(C(C)C)n2c1. The standard InChI is InChI=1S/C12H15ClN2O2S/c1-4-9-5-6-10-12(18(13,16)17)14-11(8(2)3)15(10)7-9/h5-8H,4H2,1-3H3. The van der Waals surface area contributed by atoms with Gasteiger partial charge in [-0.2, -0.15) is 0 Å². The zero-order valence-electron chi connectivity index (χ0n) is 10.5. The summed E-state index contributed by atoms with van der Waals surface area (Å²) in [5, 5.41) is -0.0597. The van der Waals surface area contributed by atoms with Crippen molar-refractivity contribution in [2.75, 3.05) is 0 Å². The molecule has 0 amide bonds. The molecule has 0 aromatic carbocycles. The van der Waals surface area contributed by atoms with Gasteiger partial charge in [0.25, 0.3) is 9.05 Å². The highest BCUT2D eigenvalue weighted by atomic mass is 35.7. The van der Waals surface area contributed by atoms with Crippen molar-refractivity contribution in [2.24, 2.45) is 0 Å². The summed E-state index contributed by atoms with van der Waals surface area (Å²) in [6.45, 7) is 5.99. The van der Waals surface area contributed by atoms with Gasteiger partial charge in [-0.1, -0.05) is 26.8 Å². The van der Waals surface area contributed by atoms with Crippen molar-refractivity contribution >= 4 is 25.2 Å². The molecule has 0 aliphatic heterocycles. The molecule has 4 nitrogen and oxygen atoms in total. The van der Waals surface area contributed by atoms with Crippen molar-refractivity contribution in [2.45, 2.75) is 38.1 Å². The number of rotatable bonds is 3. The molecule has 0 aliphatic carbocycles. The van der Waals surface area contributed by atoms with Gasteiger partial charge >= 0.3 is 0 Å². The molecule has 2 aromatic heterocycles. The number of pyridine rings is 1. The molecule has 6 heteroatoms. The van der Waals surface area contributed by atoms with Crippen LogP contribution < -0.4 is 0 Å². The number of hydrogen-bond donors (Lipinski definition) is 0. The molecule has 0 spiro atoms. The lowest BCUT2D eigenvalue weighted by atomic mass is 10.2. The van der Waals surface area contributed by atoms with Crippen LogP contribution in [0.2, 0.25) is 0 Å². The molecule has 0 atom stereocenters. The maximum atomic E-state index is 11.5. The Balaban J connectivity index is 2.85. The van der Waals surface area contributed by atoms with Gasteiger partial charge in [-0.3, -0.25) is 0 Å². The molecule has 0 radical (unpaired) electrons. The third kappa shape index (κ3) is 2.24. The maximum Gasteiger partial charge on any atom is 0.280 e. The van der Waals surface area contributed by atoms with E-state index in [2.05, 4.69) is 4.98 Å². The fourth-order valence-electron chi connectivity index (χ4n) is 1.92. The van der Waals surface area contributed by atoms with E-state index in [0.717, 1.165) is 12.0 Å². The quantitative estimate of drug-likeness (QED) is 0.815. The Kier molecular flexibility index (Phi) is 3.38. The number of fused-ring (bicyclic) bond motifs is 1. The Hall–Kier alpha value is -1.07. The van der Waals surface area contributed by atoms with Crippen LogP contribution in [0, 0.1) is 0 Å². The number of hydrogen-bond acceptors (Lipinski definition) is 3. The maximum absolute atomic E-state index is 11.5. The van der Waals surface area contributed by atoms with Gasteiger partial charge in [-0.05, 0) is 18.1 Å². The zero-order chi connectivity index (χ0) is 13.5. The second-order valence-corrected chi connectivity index (χ2v) is 7.00. The predicted octanol–water partition coefficient (Wildman–Crippen LogP) is 2.95. The Morgan fingerprint density at radius 2 is 2.06 bits per heavy atom. The van der Waals surface area contributed by atoms with Crippen LogP contribution in [-0.2, 0) is 15.5 Å². The molecule has 0 N–H and O–H groups in total. The highest BCUT2D eigenvalue weighted by Gasteiger charge is 2.22. The zero-order valence-corrected chi connectivity index (χ0v) is 12.1. The molecule has 2 aromatic rings. The molecule has 0 saturated carbocycles. The average molecular weight is 287 g/mol. The van der Waals surface area contributed by atoms with Gasteiger partial charge in [0.2, 0.25) is 0 Å². The van der Waals surface area contributed by atoms with Crippen LogP contribution in [0.1, 0.15) is 38.1 Å². The van der Waals surface area contributed by atoms with Crippen molar-refractivity contribution in [1.82, 2.24) is 9.38 Å². The second kappa shape index (κ2) is 4.55. The van der Waals surface area contributed by atoms with E-state index in [0.29, 0.717) is 11.3 Å². The lowest BCUT2D eigenvalue weighted by Gasteiger charge is -2.05. The largest absolute Gasteiger partial charge is 0.302 e. The summed E-state index contributed by atoms with van der Waals surface area (Å²) >= 11 is 0. The van der Waals surface area contributed by atoms with Gasteiger partial charge in [-0.25, -0.2) is 13.4 Å². The number of imidazole rings is 1. The Bertz CT molecular complexity index is 689. The molecule has 0 saturated heterocycles. The minimum Gasteiger partial charge on any atom is -0.302 e. The summed E-state index contributed by atoms with van der Waals surface area (Å²) in [4.78, 5) is 4.18. The minimum atomic E-state index is -3.82. The minimum absolute atomic E-state index is 0.0597. The molecule has 0 unspecified atom stereocenters. The van der Waals surface area contributed by atoms with E-state index >= 15 is 0 Å². The van der Waals surface area contributed by atoms with Crippen LogP contribution in [0.25, 0.3) is 5.52 Å². The van der Waals surface area contributed by atoms with Crippen molar-refractivity contribution in [1.29, 1.82) is 0 Å².